The van der Waals surface area contributed by atoms with Gasteiger partial charge in [0.1, 0.15) is 5.92 Å². The fourth-order valence-corrected chi connectivity index (χ4v) is 2.56. The summed E-state index contributed by atoms with van der Waals surface area (Å²) in [5.74, 6) is -0.958. The third kappa shape index (κ3) is 2.94. The molecule has 1 N–H and O–H groups in total. The Morgan fingerprint density at radius 2 is 2.16 bits per heavy atom. The molecule has 2 unspecified atom stereocenters. The van der Waals surface area contributed by atoms with E-state index in [-0.39, 0.29) is 18.6 Å². The minimum absolute atomic E-state index is 0.0291. The number of aliphatic hydroxyl groups is 1. The lowest BCUT2D eigenvalue weighted by Gasteiger charge is -2.35. The van der Waals surface area contributed by atoms with Crippen molar-refractivity contribution >= 4 is 5.91 Å². The molecule has 2 atom stereocenters. The first-order valence-electron chi connectivity index (χ1n) is 6.64. The van der Waals surface area contributed by atoms with Crippen LogP contribution in [0.1, 0.15) is 30.7 Å². The molecule has 1 aliphatic heterocycles. The van der Waals surface area contributed by atoms with Gasteiger partial charge in [-0.05, 0) is 24.8 Å². The van der Waals surface area contributed by atoms with E-state index in [9.17, 15) is 15.2 Å². The van der Waals surface area contributed by atoms with Crippen LogP contribution < -0.4 is 0 Å². The van der Waals surface area contributed by atoms with Crippen LogP contribution in [0.25, 0.3) is 0 Å². The Morgan fingerprint density at radius 1 is 1.42 bits per heavy atom. The Balaban J connectivity index is 2.19. The smallest absolute Gasteiger partial charge is 0.244 e. The van der Waals surface area contributed by atoms with Crippen molar-refractivity contribution in [2.45, 2.75) is 31.2 Å². The number of amides is 1. The number of rotatable bonds is 3. The van der Waals surface area contributed by atoms with E-state index in [0.29, 0.717) is 6.54 Å². The van der Waals surface area contributed by atoms with Crippen molar-refractivity contribution in [3.05, 3.63) is 35.9 Å². The summed E-state index contributed by atoms with van der Waals surface area (Å²) in [5, 5.41) is 18.6. The minimum atomic E-state index is -0.770. The molecule has 19 heavy (non-hydrogen) atoms. The molecular weight excluding hydrogens is 240 g/mol. The van der Waals surface area contributed by atoms with Crippen LogP contribution in [0.2, 0.25) is 0 Å². The number of benzene rings is 1. The maximum absolute atomic E-state index is 12.5. The molecule has 0 aromatic heterocycles. The van der Waals surface area contributed by atoms with Gasteiger partial charge in [0.2, 0.25) is 5.91 Å². The summed E-state index contributed by atoms with van der Waals surface area (Å²) in [7, 11) is 0. The first-order valence-corrected chi connectivity index (χ1v) is 6.64. The summed E-state index contributed by atoms with van der Waals surface area (Å²) in [6.07, 6.45) is 2.78. The number of hydrogen-bond donors (Lipinski definition) is 1. The third-order valence-corrected chi connectivity index (χ3v) is 3.63. The summed E-state index contributed by atoms with van der Waals surface area (Å²) >= 11 is 0. The normalized spacial score (nSPS) is 20.6. The third-order valence-electron chi connectivity index (χ3n) is 3.63. The maximum Gasteiger partial charge on any atom is 0.244 e. The number of aliphatic hydroxyl groups excluding tert-OH is 1. The van der Waals surface area contributed by atoms with Crippen LogP contribution in [0.5, 0.6) is 0 Å². The van der Waals surface area contributed by atoms with E-state index in [4.69, 9.17) is 0 Å². The molecule has 1 heterocycles. The second-order valence-electron chi connectivity index (χ2n) is 4.84. The maximum atomic E-state index is 12.5. The Labute approximate surface area is 113 Å². The van der Waals surface area contributed by atoms with E-state index in [0.717, 1.165) is 24.8 Å². The largest absolute Gasteiger partial charge is 0.394 e. The monoisotopic (exact) mass is 258 g/mol. The zero-order valence-corrected chi connectivity index (χ0v) is 10.8. The molecule has 4 nitrogen and oxygen atoms in total. The molecular formula is C15H18N2O2. The zero-order valence-electron chi connectivity index (χ0n) is 10.8. The molecule has 0 bridgehead atoms. The van der Waals surface area contributed by atoms with Gasteiger partial charge in [0, 0.05) is 6.54 Å². The Kier molecular flexibility index (Phi) is 4.53. The molecule has 1 fully saturated rings. The first kappa shape index (κ1) is 13.6. The van der Waals surface area contributed by atoms with Gasteiger partial charge >= 0.3 is 0 Å². The number of hydrogen-bond acceptors (Lipinski definition) is 3. The Bertz CT molecular complexity index is 467. The molecule has 0 aliphatic carbocycles. The molecule has 0 saturated carbocycles. The number of carbonyl (C=O) groups excluding carboxylic acids is 1. The number of nitrogens with zero attached hydrogens (tertiary/aromatic N) is 2. The second kappa shape index (κ2) is 6.35. The van der Waals surface area contributed by atoms with Gasteiger partial charge in [0.25, 0.3) is 0 Å². The fraction of sp³-hybridized carbons (Fsp3) is 0.467. The van der Waals surface area contributed by atoms with Gasteiger partial charge in [0.05, 0.1) is 18.7 Å². The number of nitriles is 1. The first-order chi connectivity index (χ1) is 9.27. The van der Waals surface area contributed by atoms with Crippen LogP contribution in [0, 0.1) is 11.3 Å². The number of piperidine rings is 1. The van der Waals surface area contributed by atoms with E-state index in [1.165, 1.54) is 0 Å². The average Bonchev–Trinajstić information content (AvgIpc) is 2.49. The van der Waals surface area contributed by atoms with Crippen LogP contribution in [-0.2, 0) is 4.79 Å². The van der Waals surface area contributed by atoms with Crippen LogP contribution in [0.4, 0.5) is 0 Å². The molecule has 1 aliphatic rings. The minimum Gasteiger partial charge on any atom is -0.394 e. The van der Waals surface area contributed by atoms with Crippen molar-refractivity contribution in [2.75, 3.05) is 13.2 Å². The molecule has 1 amide bonds. The van der Waals surface area contributed by atoms with Gasteiger partial charge in [-0.2, -0.15) is 5.26 Å². The fourth-order valence-electron chi connectivity index (χ4n) is 2.56. The number of carbonyl (C=O) groups is 1. The van der Waals surface area contributed by atoms with Crippen molar-refractivity contribution in [3.8, 4) is 6.07 Å². The molecule has 0 radical (unpaired) electrons. The van der Waals surface area contributed by atoms with Gasteiger partial charge in [-0.3, -0.25) is 4.79 Å². The summed E-state index contributed by atoms with van der Waals surface area (Å²) in [4.78, 5) is 14.2. The molecule has 100 valence electrons. The van der Waals surface area contributed by atoms with Crippen LogP contribution >= 0.6 is 0 Å². The Morgan fingerprint density at radius 3 is 2.79 bits per heavy atom. The Hall–Kier alpha value is -1.86. The predicted octanol–water partition coefficient (Wildman–Crippen LogP) is 1.67. The predicted molar refractivity (Wildman–Crippen MR) is 71.2 cm³/mol. The number of likely N-dealkylation sites (tertiary alicyclic amines) is 1. The summed E-state index contributed by atoms with van der Waals surface area (Å²) in [6, 6.07) is 11.1. The topological polar surface area (TPSA) is 64.3 Å². The summed E-state index contributed by atoms with van der Waals surface area (Å²) in [6.45, 7) is 0.605. The van der Waals surface area contributed by atoms with E-state index in [1.54, 1.807) is 17.0 Å². The van der Waals surface area contributed by atoms with Gasteiger partial charge in [0.15, 0.2) is 0 Å². The zero-order chi connectivity index (χ0) is 13.7. The van der Waals surface area contributed by atoms with E-state index < -0.39 is 5.92 Å². The average molecular weight is 258 g/mol. The van der Waals surface area contributed by atoms with E-state index >= 15 is 0 Å². The summed E-state index contributed by atoms with van der Waals surface area (Å²) in [5.41, 5.74) is 0.720. The van der Waals surface area contributed by atoms with Crippen LogP contribution in [0.15, 0.2) is 30.3 Å². The quantitative estimate of drug-likeness (QED) is 0.897. The lowest BCUT2D eigenvalue weighted by Crippen LogP contribution is -2.47. The lowest BCUT2D eigenvalue weighted by molar-refractivity contribution is -0.136. The molecule has 1 aromatic carbocycles. The van der Waals surface area contributed by atoms with Gasteiger partial charge in [-0.15, -0.1) is 0 Å². The van der Waals surface area contributed by atoms with Gasteiger partial charge in [-0.1, -0.05) is 30.3 Å². The molecule has 0 spiro atoms. The molecule has 1 saturated heterocycles. The van der Waals surface area contributed by atoms with Crippen molar-refractivity contribution in [1.82, 2.24) is 4.90 Å². The van der Waals surface area contributed by atoms with Gasteiger partial charge < -0.3 is 10.0 Å². The van der Waals surface area contributed by atoms with Gasteiger partial charge in [-0.25, -0.2) is 0 Å². The second-order valence-corrected chi connectivity index (χ2v) is 4.84. The van der Waals surface area contributed by atoms with Crippen molar-refractivity contribution in [3.63, 3.8) is 0 Å². The lowest BCUT2D eigenvalue weighted by atomic mass is 9.95. The standard InChI is InChI=1S/C15H18N2O2/c16-10-14(12-6-2-1-3-7-12)15(19)17-9-5-4-8-13(17)11-18/h1-3,6-7,13-14,18H,4-5,8-9,11H2. The van der Waals surface area contributed by atoms with Crippen molar-refractivity contribution in [2.24, 2.45) is 0 Å². The SMILES string of the molecule is N#CC(C(=O)N1CCCCC1CO)c1ccccc1. The van der Waals surface area contributed by atoms with Crippen LogP contribution in [0.3, 0.4) is 0 Å². The molecule has 4 heteroatoms. The highest BCUT2D eigenvalue weighted by Crippen LogP contribution is 2.23. The summed E-state index contributed by atoms with van der Waals surface area (Å²) < 4.78 is 0. The molecule has 2 rings (SSSR count). The highest BCUT2D eigenvalue weighted by atomic mass is 16.3. The van der Waals surface area contributed by atoms with Crippen molar-refractivity contribution in [1.29, 1.82) is 5.26 Å². The van der Waals surface area contributed by atoms with Crippen molar-refractivity contribution < 1.29 is 9.90 Å². The molecule has 1 aromatic rings. The highest BCUT2D eigenvalue weighted by molar-refractivity contribution is 5.86. The van der Waals surface area contributed by atoms with E-state index in [1.807, 2.05) is 18.2 Å². The highest BCUT2D eigenvalue weighted by Gasteiger charge is 2.31. The van der Waals surface area contributed by atoms with E-state index in [2.05, 4.69) is 6.07 Å². The van der Waals surface area contributed by atoms with Crippen LogP contribution in [-0.4, -0.2) is 35.1 Å².